The Bertz CT molecular complexity index is 987. The number of hydrogen-bond acceptors (Lipinski definition) is 3. The number of pyridine rings is 1. The van der Waals surface area contributed by atoms with E-state index in [0.717, 1.165) is 5.56 Å². The highest BCUT2D eigenvalue weighted by Gasteiger charge is 2.12. The van der Waals surface area contributed by atoms with Crippen molar-refractivity contribution in [2.75, 3.05) is 11.9 Å². The molecule has 1 aromatic heterocycles. The summed E-state index contributed by atoms with van der Waals surface area (Å²) in [5, 5.41) is 5.48. The van der Waals surface area contributed by atoms with E-state index in [1.807, 2.05) is 19.1 Å². The minimum absolute atomic E-state index is 0.141. The van der Waals surface area contributed by atoms with Crippen molar-refractivity contribution in [1.82, 2.24) is 10.3 Å². The number of aromatic nitrogens is 1. The average molecular weight is 377 g/mol. The standard InChI is InChI=1S/C22H20FN3O2/c1-15-6-8-18(9-7-15)26-22(28)20-14-17(11-12-24-20)21(27)25-13-10-16-4-2-3-5-19(16)23/h2-9,11-12,14H,10,13H2,1H3,(H,25,27)(H,26,28). The highest BCUT2D eigenvalue weighted by atomic mass is 19.1. The van der Waals surface area contributed by atoms with Gasteiger partial charge in [-0.2, -0.15) is 0 Å². The average Bonchev–Trinajstić information content (AvgIpc) is 2.71. The molecule has 0 radical (unpaired) electrons. The summed E-state index contributed by atoms with van der Waals surface area (Å²) in [5.74, 6) is -1.04. The molecule has 0 aliphatic heterocycles. The first-order valence-electron chi connectivity index (χ1n) is 8.88. The normalized spacial score (nSPS) is 10.4. The highest BCUT2D eigenvalue weighted by Crippen LogP contribution is 2.11. The third-order valence-electron chi connectivity index (χ3n) is 4.20. The molecular weight excluding hydrogens is 357 g/mol. The molecule has 0 bridgehead atoms. The molecule has 2 amide bonds. The SMILES string of the molecule is Cc1ccc(NC(=O)c2cc(C(=O)NCCc3ccccc3F)ccn2)cc1. The maximum atomic E-state index is 13.6. The van der Waals surface area contributed by atoms with Crippen molar-refractivity contribution < 1.29 is 14.0 Å². The number of nitrogens with zero attached hydrogens (tertiary/aromatic N) is 1. The van der Waals surface area contributed by atoms with Gasteiger partial charge in [0, 0.05) is 24.0 Å². The molecular formula is C22H20FN3O2. The Balaban J connectivity index is 1.60. The molecule has 28 heavy (non-hydrogen) atoms. The van der Waals surface area contributed by atoms with Crippen LogP contribution in [0.4, 0.5) is 10.1 Å². The number of halogens is 1. The number of rotatable bonds is 6. The topological polar surface area (TPSA) is 71.1 Å². The molecule has 5 nitrogen and oxygen atoms in total. The van der Waals surface area contributed by atoms with Crippen molar-refractivity contribution in [3.63, 3.8) is 0 Å². The van der Waals surface area contributed by atoms with E-state index in [1.54, 1.807) is 30.3 Å². The van der Waals surface area contributed by atoms with Crippen LogP contribution < -0.4 is 10.6 Å². The van der Waals surface area contributed by atoms with E-state index in [1.165, 1.54) is 24.4 Å². The molecule has 3 rings (SSSR count). The summed E-state index contributed by atoms with van der Waals surface area (Å²) in [6.45, 7) is 2.24. The summed E-state index contributed by atoms with van der Waals surface area (Å²) < 4.78 is 13.6. The van der Waals surface area contributed by atoms with E-state index in [0.29, 0.717) is 23.2 Å². The predicted molar refractivity (Wildman–Crippen MR) is 106 cm³/mol. The molecule has 142 valence electrons. The fourth-order valence-electron chi connectivity index (χ4n) is 2.64. The lowest BCUT2D eigenvalue weighted by Gasteiger charge is -2.08. The van der Waals surface area contributed by atoms with Crippen LogP contribution in [0.5, 0.6) is 0 Å². The number of carbonyl (C=O) groups excluding carboxylic acids is 2. The zero-order chi connectivity index (χ0) is 19.9. The lowest BCUT2D eigenvalue weighted by atomic mass is 10.1. The molecule has 0 saturated carbocycles. The van der Waals surface area contributed by atoms with Crippen molar-refractivity contribution in [1.29, 1.82) is 0 Å². The molecule has 2 aromatic carbocycles. The van der Waals surface area contributed by atoms with Crippen LogP contribution in [0.15, 0.2) is 66.9 Å². The maximum Gasteiger partial charge on any atom is 0.274 e. The maximum absolute atomic E-state index is 13.6. The third kappa shape index (κ3) is 5.01. The molecule has 0 spiro atoms. The molecule has 0 aliphatic carbocycles. The van der Waals surface area contributed by atoms with Gasteiger partial charge >= 0.3 is 0 Å². The van der Waals surface area contributed by atoms with Crippen molar-refractivity contribution in [3.05, 3.63) is 95.1 Å². The molecule has 0 aliphatic rings. The fraction of sp³-hybridized carbons (Fsp3) is 0.136. The monoisotopic (exact) mass is 377 g/mol. The Kier molecular flexibility index (Phi) is 6.11. The van der Waals surface area contributed by atoms with E-state index >= 15 is 0 Å². The number of carbonyl (C=O) groups is 2. The summed E-state index contributed by atoms with van der Waals surface area (Å²) in [4.78, 5) is 28.7. The van der Waals surface area contributed by atoms with Gasteiger partial charge in [0.25, 0.3) is 11.8 Å². The van der Waals surface area contributed by atoms with Crippen LogP contribution in [-0.4, -0.2) is 23.3 Å². The minimum Gasteiger partial charge on any atom is -0.352 e. The highest BCUT2D eigenvalue weighted by molar-refractivity contribution is 6.04. The van der Waals surface area contributed by atoms with Crippen molar-refractivity contribution >= 4 is 17.5 Å². The fourth-order valence-corrected chi connectivity index (χ4v) is 2.64. The number of aryl methyl sites for hydroxylation is 1. The van der Waals surface area contributed by atoms with Crippen LogP contribution in [0.3, 0.4) is 0 Å². The third-order valence-corrected chi connectivity index (χ3v) is 4.20. The van der Waals surface area contributed by atoms with Crippen molar-refractivity contribution in [3.8, 4) is 0 Å². The van der Waals surface area contributed by atoms with Crippen LogP contribution >= 0.6 is 0 Å². The second-order valence-corrected chi connectivity index (χ2v) is 6.35. The minimum atomic E-state index is -0.398. The summed E-state index contributed by atoms with van der Waals surface area (Å²) in [5.41, 5.74) is 2.73. The van der Waals surface area contributed by atoms with Crippen molar-refractivity contribution in [2.45, 2.75) is 13.3 Å². The Morgan fingerprint density at radius 1 is 1.00 bits per heavy atom. The van der Waals surface area contributed by atoms with Gasteiger partial charge in [-0.3, -0.25) is 14.6 Å². The van der Waals surface area contributed by atoms with Gasteiger partial charge in [0.15, 0.2) is 0 Å². The van der Waals surface area contributed by atoms with Gasteiger partial charge in [0.2, 0.25) is 0 Å². The Hall–Kier alpha value is -3.54. The van der Waals surface area contributed by atoms with Gasteiger partial charge in [-0.05, 0) is 49.2 Å². The van der Waals surface area contributed by atoms with Crippen molar-refractivity contribution in [2.24, 2.45) is 0 Å². The summed E-state index contributed by atoms with van der Waals surface area (Å²) in [6.07, 6.45) is 1.79. The first kappa shape index (κ1) is 19.2. The number of benzene rings is 2. The van der Waals surface area contributed by atoms with E-state index in [2.05, 4.69) is 15.6 Å². The smallest absolute Gasteiger partial charge is 0.274 e. The van der Waals surface area contributed by atoms with Crippen LogP contribution in [0.1, 0.15) is 32.0 Å². The number of anilines is 1. The van der Waals surface area contributed by atoms with Crippen LogP contribution in [0, 0.1) is 12.7 Å². The second-order valence-electron chi connectivity index (χ2n) is 6.35. The quantitative estimate of drug-likeness (QED) is 0.687. The van der Waals surface area contributed by atoms with E-state index in [-0.39, 0.29) is 24.0 Å². The second kappa shape index (κ2) is 8.90. The summed E-state index contributed by atoms with van der Waals surface area (Å²) in [7, 11) is 0. The van der Waals surface area contributed by atoms with Crippen LogP contribution in [0.25, 0.3) is 0 Å². The largest absolute Gasteiger partial charge is 0.352 e. The molecule has 1 heterocycles. The van der Waals surface area contributed by atoms with Crippen LogP contribution in [0.2, 0.25) is 0 Å². The van der Waals surface area contributed by atoms with E-state index in [9.17, 15) is 14.0 Å². The first-order valence-corrected chi connectivity index (χ1v) is 8.88. The lowest BCUT2D eigenvalue weighted by Crippen LogP contribution is -2.26. The zero-order valence-electron chi connectivity index (χ0n) is 15.4. The van der Waals surface area contributed by atoms with Gasteiger partial charge in [-0.25, -0.2) is 4.39 Å². The van der Waals surface area contributed by atoms with Gasteiger partial charge in [0.1, 0.15) is 11.5 Å². The Morgan fingerprint density at radius 3 is 2.50 bits per heavy atom. The number of hydrogen-bond donors (Lipinski definition) is 2. The Morgan fingerprint density at radius 2 is 1.75 bits per heavy atom. The molecule has 0 atom stereocenters. The lowest BCUT2D eigenvalue weighted by molar-refractivity contribution is 0.0954. The number of amides is 2. The molecule has 6 heteroatoms. The van der Waals surface area contributed by atoms with Gasteiger partial charge in [-0.1, -0.05) is 35.9 Å². The van der Waals surface area contributed by atoms with Gasteiger partial charge in [0.05, 0.1) is 0 Å². The Labute approximate surface area is 162 Å². The van der Waals surface area contributed by atoms with E-state index in [4.69, 9.17) is 0 Å². The zero-order valence-corrected chi connectivity index (χ0v) is 15.4. The first-order chi connectivity index (χ1) is 13.5. The molecule has 2 N–H and O–H groups in total. The summed E-state index contributed by atoms with van der Waals surface area (Å²) >= 11 is 0. The molecule has 0 saturated heterocycles. The van der Waals surface area contributed by atoms with Crippen LogP contribution in [-0.2, 0) is 6.42 Å². The van der Waals surface area contributed by atoms with Gasteiger partial charge < -0.3 is 10.6 Å². The number of nitrogens with one attached hydrogen (secondary N) is 2. The molecule has 0 fully saturated rings. The van der Waals surface area contributed by atoms with E-state index < -0.39 is 5.91 Å². The predicted octanol–water partition coefficient (Wildman–Crippen LogP) is 3.75. The molecule has 3 aromatic rings. The summed E-state index contributed by atoms with van der Waals surface area (Å²) in [6, 6.07) is 16.8. The van der Waals surface area contributed by atoms with Gasteiger partial charge in [-0.15, -0.1) is 0 Å². The molecule has 0 unspecified atom stereocenters.